The van der Waals surface area contributed by atoms with Gasteiger partial charge in [0.15, 0.2) is 5.78 Å². The molecule has 130 valence electrons. The second-order valence-electron chi connectivity index (χ2n) is 5.71. The van der Waals surface area contributed by atoms with Gasteiger partial charge in [-0.05, 0) is 42.5 Å². The third-order valence-corrected chi connectivity index (χ3v) is 4.17. The van der Waals surface area contributed by atoms with Crippen LogP contribution in [0.5, 0.6) is 0 Å². The maximum Gasteiger partial charge on any atom is 0.252 e. The molecule has 0 aliphatic rings. The zero-order chi connectivity index (χ0) is 18.4. The number of rotatable bonds is 6. The largest absolute Gasteiger partial charge is 0.352 e. The molecular weight excluding hydrogens is 348 g/mol. The highest BCUT2D eigenvalue weighted by Crippen LogP contribution is 2.17. The van der Waals surface area contributed by atoms with E-state index in [1.165, 1.54) is 0 Å². The summed E-state index contributed by atoms with van der Waals surface area (Å²) in [6.07, 6.45) is 2.34. The van der Waals surface area contributed by atoms with Crippen LogP contribution in [0.15, 0.2) is 72.9 Å². The lowest BCUT2D eigenvalue weighted by Gasteiger charge is -2.10. The quantitative estimate of drug-likeness (QED) is 0.674. The van der Waals surface area contributed by atoms with E-state index in [0.29, 0.717) is 34.7 Å². The minimum absolute atomic E-state index is 0.211. The van der Waals surface area contributed by atoms with E-state index in [1.807, 2.05) is 18.2 Å². The first-order valence-corrected chi connectivity index (χ1v) is 8.60. The Morgan fingerprint density at radius 1 is 0.885 bits per heavy atom. The van der Waals surface area contributed by atoms with Crippen molar-refractivity contribution in [2.45, 2.75) is 6.42 Å². The first-order valence-electron chi connectivity index (χ1n) is 8.22. The molecule has 0 bridgehead atoms. The Bertz CT molecular complexity index is 909. The summed E-state index contributed by atoms with van der Waals surface area (Å²) in [6, 6.07) is 19.1. The summed E-state index contributed by atoms with van der Waals surface area (Å²) in [5, 5.41) is 3.41. The Kier molecular flexibility index (Phi) is 5.77. The van der Waals surface area contributed by atoms with Crippen LogP contribution in [0.4, 0.5) is 0 Å². The Labute approximate surface area is 156 Å². The number of nitrogens with one attached hydrogen (secondary N) is 1. The summed E-state index contributed by atoms with van der Waals surface area (Å²) in [6.45, 7) is 0.444. The fraction of sp³-hybridized carbons (Fsp3) is 0.0952. The molecule has 5 heteroatoms. The third-order valence-electron chi connectivity index (χ3n) is 3.92. The molecule has 0 unspecified atom stereocenters. The molecule has 1 N–H and O–H groups in total. The number of carbonyl (C=O) groups excluding carboxylic acids is 2. The number of pyridine rings is 1. The first kappa shape index (κ1) is 17.8. The van der Waals surface area contributed by atoms with E-state index in [-0.39, 0.29) is 11.7 Å². The van der Waals surface area contributed by atoms with Crippen molar-refractivity contribution in [1.82, 2.24) is 10.3 Å². The highest BCUT2D eigenvalue weighted by Gasteiger charge is 2.17. The summed E-state index contributed by atoms with van der Waals surface area (Å²) in [4.78, 5) is 29.5. The summed E-state index contributed by atoms with van der Waals surface area (Å²) >= 11 is 5.87. The summed E-state index contributed by atoms with van der Waals surface area (Å²) in [5.41, 5.74) is 2.11. The van der Waals surface area contributed by atoms with Gasteiger partial charge in [-0.1, -0.05) is 35.9 Å². The number of benzene rings is 2. The van der Waals surface area contributed by atoms with Crippen molar-refractivity contribution in [3.05, 3.63) is 100 Å². The highest BCUT2D eigenvalue weighted by atomic mass is 35.5. The van der Waals surface area contributed by atoms with Gasteiger partial charge in [0.05, 0.1) is 5.56 Å². The highest BCUT2D eigenvalue weighted by molar-refractivity contribution is 6.30. The SMILES string of the molecule is O=C(NCCc1ccccn1)c1ccccc1C(=O)c1ccc(Cl)cc1. The zero-order valence-corrected chi connectivity index (χ0v) is 14.7. The normalized spacial score (nSPS) is 10.3. The van der Waals surface area contributed by atoms with Crippen LogP contribution in [0.3, 0.4) is 0 Å². The molecule has 0 saturated carbocycles. The molecule has 1 heterocycles. The van der Waals surface area contributed by atoms with E-state index < -0.39 is 0 Å². The fourth-order valence-corrected chi connectivity index (χ4v) is 2.71. The van der Waals surface area contributed by atoms with Crippen LogP contribution in [0.2, 0.25) is 5.02 Å². The van der Waals surface area contributed by atoms with E-state index in [2.05, 4.69) is 10.3 Å². The van der Waals surface area contributed by atoms with Gasteiger partial charge >= 0.3 is 0 Å². The van der Waals surface area contributed by atoms with Crippen LogP contribution >= 0.6 is 11.6 Å². The van der Waals surface area contributed by atoms with Gasteiger partial charge in [-0.2, -0.15) is 0 Å². The molecule has 0 saturated heterocycles. The minimum Gasteiger partial charge on any atom is -0.352 e. The van der Waals surface area contributed by atoms with Crippen molar-refractivity contribution >= 4 is 23.3 Å². The summed E-state index contributed by atoms with van der Waals surface area (Å²) in [7, 11) is 0. The number of amides is 1. The summed E-state index contributed by atoms with van der Waals surface area (Å²) < 4.78 is 0. The predicted octanol–water partition coefficient (Wildman–Crippen LogP) is 3.94. The molecule has 0 fully saturated rings. The molecule has 1 aromatic heterocycles. The smallest absolute Gasteiger partial charge is 0.252 e. The second-order valence-corrected chi connectivity index (χ2v) is 6.15. The van der Waals surface area contributed by atoms with Crippen LogP contribution in [-0.4, -0.2) is 23.2 Å². The number of halogens is 1. The minimum atomic E-state index is -0.279. The predicted molar refractivity (Wildman–Crippen MR) is 102 cm³/mol. The Balaban J connectivity index is 1.72. The lowest BCUT2D eigenvalue weighted by Crippen LogP contribution is -2.27. The zero-order valence-electron chi connectivity index (χ0n) is 14.0. The van der Waals surface area contributed by atoms with Gasteiger partial charge in [0.2, 0.25) is 0 Å². The van der Waals surface area contributed by atoms with Crippen LogP contribution in [0.25, 0.3) is 0 Å². The van der Waals surface area contributed by atoms with E-state index in [1.54, 1.807) is 54.7 Å². The number of nitrogens with zero attached hydrogens (tertiary/aromatic N) is 1. The van der Waals surface area contributed by atoms with Gasteiger partial charge in [-0.25, -0.2) is 0 Å². The van der Waals surface area contributed by atoms with E-state index in [4.69, 9.17) is 11.6 Å². The van der Waals surface area contributed by atoms with Crippen molar-refractivity contribution in [3.8, 4) is 0 Å². The number of ketones is 1. The second kappa shape index (κ2) is 8.41. The lowest BCUT2D eigenvalue weighted by molar-refractivity contribution is 0.0942. The third kappa shape index (κ3) is 4.35. The van der Waals surface area contributed by atoms with Crippen molar-refractivity contribution in [1.29, 1.82) is 0 Å². The van der Waals surface area contributed by atoms with Crippen molar-refractivity contribution in [2.75, 3.05) is 6.54 Å². The molecule has 0 aliphatic heterocycles. The van der Waals surface area contributed by atoms with E-state index >= 15 is 0 Å². The Hall–Kier alpha value is -2.98. The molecule has 0 atom stereocenters. The maximum atomic E-state index is 12.7. The van der Waals surface area contributed by atoms with Gasteiger partial charge in [0, 0.05) is 41.0 Å². The monoisotopic (exact) mass is 364 g/mol. The number of aromatic nitrogens is 1. The number of hydrogen-bond donors (Lipinski definition) is 1. The molecule has 0 aliphatic carbocycles. The molecule has 26 heavy (non-hydrogen) atoms. The van der Waals surface area contributed by atoms with Crippen LogP contribution in [-0.2, 0) is 6.42 Å². The van der Waals surface area contributed by atoms with Crippen LogP contribution in [0.1, 0.15) is 32.0 Å². The summed E-state index contributed by atoms with van der Waals surface area (Å²) in [5.74, 6) is -0.490. The standard InChI is InChI=1S/C21H17ClN2O2/c22-16-10-8-15(9-11-16)20(25)18-6-1-2-7-19(18)21(26)24-14-12-17-5-3-4-13-23-17/h1-11,13H,12,14H2,(H,24,26). The Morgan fingerprint density at radius 3 is 2.27 bits per heavy atom. The lowest BCUT2D eigenvalue weighted by atomic mass is 9.98. The molecule has 4 nitrogen and oxygen atoms in total. The molecule has 3 rings (SSSR count). The van der Waals surface area contributed by atoms with Gasteiger partial charge in [-0.15, -0.1) is 0 Å². The van der Waals surface area contributed by atoms with Gasteiger partial charge in [0.1, 0.15) is 0 Å². The average Bonchev–Trinajstić information content (AvgIpc) is 2.69. The molecule has 3 aromatic rings. The van der Waals surface area contributed by atoms with Crippen LogP contribution < -0.4 is 5.32 Å². The van der Waals surface area contributed by atoms with E-state index in [9.17, 15) is 9.59 Å². The number of carbonyl (C=O) groups is 2. The van der Waals surface area contributed by atoms with E-state index in [0.717, 1.165) is 5.69 Å². The molecule has 0 radical (unpaired) electrons. The Morgan fingerprint density at radius 2 is 1.58 bits per heavy atom. The molecule has 1 amide bonds. The number of hydrogen-bond acceptors (Lipinski definition) is 3. The molecule has 2 aromatic carbocycles. The van der Waals surface area contributed by atoms with Crippen molar-refractivity contribution in [2.24, 2.45) is 0 Å². The van der Waals surface area contributed by atoms with Crippen LogP contribution in [0, 0.1) is 0 Å². The first-order chi connectivity index (χ1) is 12.6. The average molecular weight is 365 g/mol. The van der Waals surface area contributed by atoms with Crippen molar-refractivity contribution < 1.29 is 9.59 Å². The van der Waals surface area contributed by atoms with Crippen molar-refractivity contribution in [3.63, 3.8) is 0 Å². The fourth-order valence-electron chi connectivity index (χ4n) is 2.58. The van der Waals surface area contributed by atoms with Gasteiger partial charge in [0.25, 0.3) is 5.91 Å². The topological polar surface area (TPSA) is 59.1 Å². The van der Waals surface area contributed by atoms with Gasteiger partial charge in [-0.3, -0.25) is 14.6 Å². The van der Waals surface area contributed by atoms with Gasteiger partial charge < -0.3 is 5.32 Å². The molecular formula is C21H17ClN2O2. The molecule has 0 spiro atoms. The maximum absolute atomic E-state index is 12.7.